The predicted octanol–water partition coefficient (Wildman–Crippen LogP) is 3.30. The van der Waals surface area contributed by atoms with Crippen molar-refractivity contribution in [3.05, 3.63) is 23.8 Å². The summed E-state index contributed by atoms with van der Waals surface area (Å²) >= 11 is 0. The van der Waals surface area contributed by atoms with Crippen LogP contribution in [0.2, 0.25) is 19.6 Å². The van der Waals surface area contributed by atoms with Crippen molar-refractivity contribution < 1.29 is 13.5 Å². The summed E-state index contributed by atoms with van der Waals surface area (Å²) in [5.41, 5.74) is 0. The molecule has 0 amide bonds. The van der Waals surface area contributed by atoms with Gasteiger partial charge in [-0.05, 0) is 13.8 Å². The Bertz CT molecular complexity index is 360. The molecule has 0 aliphatic carbocycles. The number of benzene rings is 1. The van der Waals surface area contributed by atoms with Crippen LogP contribution in [-0.4, -0.2) is 14.2 Å². The topological polar surface area (TPSA) is 9.23 Å². The zero-order valence-electron chi connectivity index (χ0n) is 10.4. The van der Waals surface area contributed by atoms with Crippen LogP contribution >= 0.6 is 0 Å². The molecular weight excluding hydrogens is 226 g/mol. The predicted molar refractivity (Wildman–Crippen MR) is 65.1 cm³/mol. The Hall–Kier alpha value is -0.903. The Morgan fingerprint density at radius 3 is 1.81 bits per heavy atom. The van der Waals surface area contributed by atoms with E-state index in [0.717, 1.165) is 0 Å². The highest BCUT2D eigenvalue weighted by molar-refractivity contribution is 6.88. The molecule has 0 heterocycles. The minimum atomic E-state index is -1.99. The highest BCUT2D eigenvalue weighted by Crippen LogP contribution is 2.18. The fourth-order valence-corrected chi connectivity index (χ4v) is 3.18. The van der Waals surface area contributed by atoms with Crippen LogP contribution in [-0.2, 0) is 0 Å². The summed E-state index contributed by atoms with van der Waals surface area (Å²) < 4.78 is 32.8. The third kappa shape index (κ3) is 3.04. The zero-order valence-corrected chi connectivity index (χ0v) is 11.4. The smallest absolute Gasteiger partial charge is 0.129 e. The van der Waals surface area contributed by atoms with Crippen LogP contribution in [0.1, 0.15) is 13.8 Å². The molecule has 0 unspecified atom stereocenters. The van der Waals surface area contributed by atoms with Gasteiger partial charge in [-0.15, -0.1) is 0 Å². The minimum Gasteiger partial charge on any atom is -0.491 e. The zero-order chi connectivity index (χ0) is 12.5. The molecule has 0 atom stereocenters. The van der Waals surface area contributed by atoms with Crippen LogP contribution < -0.4 is 9.92 Å². The third-order valence-electron chi connectivity index (χ3n) is 2.14. The van der Waals surface area contributed by atoms with Gasteiger partial charge in [-0.3, -0.25) is 0 Å². The van der Waals surface area contributed by atoms with E-state index < -0.39 is 19.7 Å². The molecule has 0 spiro atoms. The lowest BCUT2D eigenvalue weighted by atomic mass is 10.3. The average Bonchev–Trinajstić information content (AvgIpc) is 1.96. The van der Waals surface area contributed by atoms with E-state index >= 15 is 0 Å². The summed E-state index contributed by atoms with van der Waals surface area (Å²) in [6.07, 6.45) is -0.0865. The molecule has 0 bridgehead atoms. The highest BCUT2D eigenvalue weighted by Gasteiger charge is 2.25. The molecular formula is C12H18F2OSi. The maximum absolute atomic E-state index is 13.8. The lowest BCUT2D eigenvalue weighted by molar-refractivity contribution is 0.240. The number of ether oxygens (including phenoxy) is 1. The Labute approximate surface area is 96.4 Å². The Balaban J connectivity index is 3.18. The van der Waals surface area contributed by atoms with E-state index in [0.29, 0.717) is 0 Å². The molecule has 1 aromatic carbocycles. The summed E-state index contributed by atoms with van der Waals surface area (Å²) in [7, 11) is -1.99. The lowest BCUT2D eigenvalue weighted by Crippen LogP contribution is -2.42. The van der Waals surface area contributed by atoms with E-state index in [1.165, 1.54) is 12.1 Å². The van der Waals surface area contributed by atoms with Gasteiger partial charge < -0.3 is 4.74 Å². The monoisotopic (exact) mass is 244 g/mol. The van der Waals surface area contributed by atoms with Crippen molar-refractivity contribution in [3.8, 4) is 5.75 Å². The molecule has 0 N–H and O–H groups in total. The van der Waals surface area contributed by atoms with Crippen molar-refractivity contribution in [2.24, 2.45) is 0 Å². The van der Waals surface area contributed by atoms with Gasteiger partial charge in [0, 0.05) is 17.3 Å². The first-order valence-corrected chi connectivity index (χ1v) is 8.88. The second-order valence-corrected chi connectivity index (χ2v) is 10.2. The SMILES string of the molecule is CC(C)Oc1cc(F)c([Si](C)(C)C)c(F)c1. The van der Waals surface area contributed by atoms with Gasteiger partial charge in [0.25, 0.3) is 0 Å². The number of rotatable bonds is 3. The first kappa shape index (κ1) is 13.2. The van der Waals surface area contributed by atoms with E-state index in [2.05, 4.69) is 0 Å². The van der Waals surface area contributed by atoms with Crippen molar-refractivity contribution in [1.82, 2.24) is 0 Å². The second kappa shape index (κ2) is 4.53. The maximum atomic E-state index is 13.8. The molecule has 0 aromatic heterocycles. The van der Waals surface area contributed by atoms with Crippen molar-refractivity contribution in [1.29, 1.82) is 0 Å². The van der Waals surface area contributed by atoms with Gasteiger partial charge in [0.1, 0.15) is 17.4 Å². The largest absolute Gasteiger partial charge is 0.491 e. The molecule has 4 heteroatoms. The standard InChI is InChI=1S/C12H18F2OSi/c1-8(2)15-9-6-10(13)12(11(14)7-9)16(3,4)5/h6-8H,1-5H3. The number of halogens is 2. The third-order valence-corrected chi connectivity index (χ3v) is 4.12. The molecule has 0 fully saturated rings. The van der Waals surface area contributed by atoms with Crippen molar-refractivity contribution in [3.63, 3.8) is 0 Å². The van der Waals surface area contributed by atoms with Crippen LogP contribution in [0, 0.1) is 11.6 Å². The molecule has 16 heavy (non-hydrogen) atoms. The highest BCUT2D eigenvalue weighted by atomic mass is 28.3. The van der Waals surface area contributed by atoms with Crippen LogP contribution in [0.5, 0.6) is 5.75 Å². The van der Waals surface area contributed by atoms with Gasteiger partial charge in [-0.25, -0.2) is 8.78 Å². The maximum Gasteiger partial charge on any atom is 0.129 e. The molecule has 0 aliphatic heterocycles. The first-order valence-electron chi connectivity index (χ1n) is 5.38. The molecule has 1 nitrogen and oxygen atoms in total. The average molecular weight is 244 g/mol. The first-order chi connectivity index (χ1) is 7.21. The van der Waals surface area contributed by atoms with Crippen LogP contribution in [0.3, 0.4) is 0 Å². The van der Waals surface area contributed by atoms with E-state index in [1.807, 2.05) is 33.5 Å². The van der Waals surface area contributed by atoms with Crippen molar-refractivity contribution >= 4 is 13.3 Å². The van der Waals surface area contributed by atoms with Crippen LogP contribution in [0.25, 0.3) is 0 Å². The van der Waals surface area contributed by atoms with E-state index in [-0.39, 0.29) is 17.0 Å². The fraction of sp³-hybridized carbons (Fsp3) is 0.500. The summed E-state index contributed by atoms with van der Waals surface area (Å²) in [5, 5.41) is 0.239. The van der Waals surface area contributed by atoms with Gasteiger partial charge >= 0.3 is 0 Å². The molecule has 0 aliphatic rings. The number of hydrogen-bond donors (Lipinski definition) is 0. The summed E-state index contributed by atoms with van der Waals surface area (Å²) in [6, 6.07) is 2.55. The second-order valence-electron chi connectivity index (χ2n) is 5.18. The van der Waals surface area contributed by atoms with Gasteiger partial charge in [0.15, 0.2) is 0 Å². The summed E-state index contributed by atoms with van der Waals surface area (Å²) in [5.74, 6) is -0.725. The van der Waals surface area contributed by atoms with Crippen LogP contribution in [0.15, 0.2) is 12.1 Å². The van der Waals surface area contributed by atoms with Gasteiger partial charge in [-0.1, -0.05) is 19.6 Å². The number of hydrogen-bond acceptors (Lipinski definition) is 1. The summed E-state index contributed by atoms with van der Waals surface area (Å²) in [6.45, 7) is 9.39. The van der Waals surface area contributed by atoms with E-state index in [4.69, 9.17) is 4.74 Å². The molecule has 90 valence electrons. The molecule has 0 radical (unpaired) electrons. The minimum absolute atomic E-state index is 0.0865. The van der Waals surface area contributed by atoms with E-state index in [1.54, 1.807) is 0 Å². The Morgan fingerprint density at radius 1 is 1.06 bits per heavy atom. The van der Waals surface area contributed by atoms with Crippen molar-refractivity contribution in [2.75, 3.05) is 0 Å². The lowest BCUT2D eigenvalue weighted by Gasteiger charge is -2.19. The Morgan fingerprint density at radius 2 is 1.50 bits per heavy atom. The quantitative estimate of drug-likeness (QED) is 0.741. The van der Waals surface area contributed by atoms with Crippen LogP contribution in [0.4, 0.5) is 8.78 Å². The normalized spacial score (nSPS) is 12.0. The molecule has 1 rings (SSSR count). The van der Waals surface area contributed by atoms with E-state index in [9.17, 15) is 8.78 Å². The molecule has 1 aromatic rings. The summed E-state index contributed by atoms with van der Waals surface area (Å²) in [4.78, 5) is 0. The fourth-order valence-electron chi connectivity index (χ4n) is 1.61. The van der Waals surface area contributed by atoms with Crippen molar-refractivity contribution in [2.45, 2.75) is 39.6 Å². The van der Waals surface area contributed by atoms with Gasteiger partial charge in [0.2, 0.25) is 0 Å². The Kier molecular flexibility index (Phi) is 3.73. The van der Waals surface area contributed by atoms with Gasteiger partial charge in [-0.2, -0.15) is 0 Å². The van der Waals surface area contributed by atoms with Gasteiger partial charge in [0.05, 0.1) is 14.2 Å². The molecule has 0 saturated heterocycles. The molecule has 0 saturated carbocycles.